The van der Waals surface area contributed by atoms with E-state index < -0.39 is 0 Å². The van der Waals surface area contributed by atoms with E-state index in [0.29, 0.717) is 28.3 Å². The van der Waals surface area contributed by atoms with Crippen molar-refractivity contribution in [3.05, 3.63) is 95.8 Å². The van der Waals surface area contributed by atoms with Gasteiger partial charge in [0.25, 0.3) is 0 Å². The monoisotopic (exact) mass is 362 g/mol. The maximum Gasteiger partial charge on any atom is 0.234 e. The van der Waals surface area contributed by atoms with Crippen molar-refractivity contribution in [1.82, 2.24) is 4.98 Å². The Labute approximate surface area is 156 Å². The first kappa shape index (κ1) is 17.9. The average molecular weight is 362 g/mol. The van der Waals surface area contributed by atoms with Crippen LogP contribution < -0.4 is 5.32 Å². The summed E-state index contributed by atoms with van der Waals surface area (Å²) in [6.45, 7) is 0. The van der Waals surface area contributed by atoms with E-state index in [9.17, 15) is 9.59 Å². The predicted octanol–water partition coefficient (Wildman–Crippen LogP) is 4.18. The van der Waals surface area contributed by atoms with Gasteiger partial charge in [0, 0.05) is 28.8 Å². The molecular weight excluding hydrogens is 344 g/mol. The van der Waals surface area contributed by atoms with Crippen molar-refractivity contribution in [2.45, 2.75) is 5.75 Å². The van der Waals surface area contributed by atoms with Crippen molar-refractivity contribution in [3.63, 3.8) is 0 Å². The zero-order valence-corrected chi connectivity index (χ0v) is 14.9. The van der Waals surface area contributed by atoms with Gasteiger partial charge in [0.2, 0.25) is 5.91 Å². The van der Waals surface area contributed by atoms with Gasteiger partial charge in [-0.3, -0.25) is 14.6 Å². The van der Waals surface area contributed by atoms with Crippen LogP contribution in [0.25, 0.3) is 0 Å². The van der Waals surface area contributed by atoms with Crippen molar-refractivity contribution >= 4 is 29.1 Å². The van der Waals surface area contributed by atoms with Gasteiger partial charge in [-0.25, -0.2) is 0 Å². The number of carbonyl (C=O) groups excluding carboxylic acids is 2. The van der Waals surface area contributed by atoms with E-state index in [2.05, 4.69) is 10.3 Å². The normalized spacial score (nSPS) is 10.3. The van der Waals surface area contributed by atoms with E-state index in [4.69, 9.17) is 0 Å². The summed E-state index contributed by atoms with van der Waals surface area (Å²) in [6, 6.07) is 21.8. The van der Waals surface area contributed by atoms with Gasteiger partial charge in [0.1, 0.15) is 0 Å². The molecule has 0 atom stereocenters. The molecule has 1 aromatic heterocycles. The molecule has 130 valence electrons. The number of pyridine rings is 1. The van der Waals surface area contributed by atoms with E-state index >= 15 is 0 Å². The minimum Gasteiger partial charge on any atom is -0.325 e. The summed E-state index contributed by atoms with van der Waals surface area (Å²) < 4.78 is 0. The highest BCUT2D eigenvalue weighted by molar-refractivity contribution is 7.99. The van der Waals surface area contributed by atoms with Crippen molar-refractivity contribution in [1.29, 1.82) is 0 Å². The maximum atomic E-state index is 12.5. The second-order valence-corrected chi connectivity index (χ2v) is 6.62. The number of ketones is 1. The van der Waals surface area contributed by atoms with Crippen molar-refractivity contribution in [3.8, 4) is 0 Å². The Kier molecular flexibility index (Phi) is 6.17. The molecule has 0 saturated carbocycles. The highest BCUT2D eigenvalue weighted by atomic mass is 32.2. The number of aromatic nitrogens is 1. The van der Waals surface area contributed by atoms with Crippen LogP contribution in [0.15, 0.2) is 79.0 Å². The van der Waals surface area contributed by atoms with Gasteiger partial charge in [0.15, 0.2) is 5.78 Å². The van der Waals surface area contributed by atoms with Gasteiger partial charge in [-0.1, -0.05) is 48.5 Å². The highest BCUT2D eigenvalue weighted by Gasteiger charge is 2.10. The maximum absolute atomic E-state index is 12.5. The summed E-state index contributed by atoms with van der Waals surface area (Å²) in [6.07, 6.45) is 1.74. The summed E-state index contributed by atoms with van der Waals surface area (Å²) in [4.78, 5) is 28.8. The van der Waals surface area contributed by atoms with E-state index in [1.165, 1.54) is 11.8 Å². The summed E-state index contributed by atoms with van der Waals surface area (Å²) >= 11 is 1.50. The molecule has 4 nitrogen and oxygen atoms in total. The van der Waals surface area contributed by atoms with E-state index in [0.717, 1.165) is 5.69 Å². The minimum absolute atomic E-state index is 0.0637. The molecule has 0 aliphatic rings. The molecule has 26 heavy (non-hydrogen) atoms. The summed E-state index contributed by atoms with van der Waals surface area (Å²) in [5.74, 6) is 0.843. The number of nitrogens with one attached hydrogen (secondary N) is 1. The minimum atomic E-state index is -0.102. The number of rotatable bonds is 7. The number of carbonyl (C=O) groups is 2. The van der Waals surface area contributed by atoms with Gasteiger partial charge < -0.3 is 5.32 Å². The number of amides is 1. The SMILES string of the molecule is O=C(CSCc1ccccn1)Nc1cccc(C(=O)c2ccccc2)c1. The molecule has 0 aliphatic carbocycles. The summed E-state index contributed by atoms with van der Waals surface area (Å²) in [7, 11) is 0. The van der Waals surface area contributed by atoms with Crippen molar-refractivity contribution in [2.24, 2.45) is 0 Å². The summed E-state index contributed by atoms with van der Waals surface area (Å²) in [5.41, 5.74) is 2.74. The quantitative estimate of drug-likeness (QED) is 0.641. The van der Waals surface area contributed by atoms with Crippen LogP contribution in [0.4, 0.5) is 5.69 Å². The third kappa shape index (κ3) is 5.04. The van der Waals surface area contributed by atoms with E-state index in [1.54, 1.807) is 42.6 Å². The first-order valence-electron chi connectivity index (χ1n) is 8.20. The first-order chi connectivity index (χ1) is 12.7. The fraction of sp³-hybridized carbons (Fsp3) is 0.0952. The van der Waals surface area contributed by atoms with Crippen LogP contribution in [0.1, 0.15) is 21.6 Å². The van der Waals surface area contributed by atoms with Crippen LogP contribution in [-0.2, 0) is 10.5 Å². The Bertz CT molecular complexity index is 883. The Balaban J connectivity index is 1.56. The molecule has 1 amide bonds. The van der Waals surface area contributed by atoms with Crippen LogP contribution in [0, 0.1) is 0 Å². The molecule has 3 rings (SSSR count). The molecular formula is C21H18N2O2S. The lowest BCUT2D eigenvalue weighted by atomic mass is 10.0. The topological polar surface area (TPSA) is 59.1 Å². The second kappa shape index (κ2) is 8.97. The van der Waals surface area contributed by atoms with Crippen molar-refractivity contribution in [2.75, 3.05) is 11.1 Å². The summed E-state index contributed by atoms with van der Waals surface area (Å²) in [5, 5.41) is 2.84. The fourth-order valence-corrected chi connectivity index (χ4v) is 3.16. The number of benzene rings is 2. The average Bonchev–Trinajstić information content (AvgIpc) is 2.69. The Morgan fingerprint density at radius 2 is 1.65 bits per heavy atom. The van der Waals surface area contributed by atoms with E-state index in [-0.39, 0.29) is 11.7 Å². The smallest absolute Gasteiger partial charge is 0.234 e. The number of nitrogens with zero attached hydrogens (tertiary/aromatic N) is 1. The molecule has 3 aromatic rings. The van der Waals surface area contributed by atoms with Crippen LogP contribution in [0.2, 0.25) is 0 Å². The molecule has 1 heterocycles. The fourth-order valence-electron chi connectivity index (χ4n) is 2.42. The molecule has 0 radical (unpaired) electrons. The Morgan fingerprint density at radius 1 is 0.885 bits per heavy atom. The van der Waals surface area contributed by atoms with E-state index in [1.807, 2.05) is 36.4 Å². The lowest BCUT2D eigenvalue weighted by molar-refractivity contribution is -0.113. The molecule has 0 unspecified atom stereocenters. The van der Waals surface area contributed by atoms with Gasteiger partial charge in [-0.05, 0) is 24.3 Å². The predicted molar refractivity (Wildman–Crippen MR) is 105 cm³/mol. The molecule has 2 aromatic carbocycles. The highest BCUT2D eigenvalue weighted by Crippen LogP contribution is 2.16. The molecule has 1 N–H and O–H groups in total. The van der Waals surface area contributed by atoms with Crippen LogP contribution in [0.5, 0.6) is 0 Å². The molecule has 0 spiro atoms. The molecule has 0 aliphatic heterocycles. The largest absolute Gasteiger partial charge is 0.325 e. The Hall–Kier alpha value is -2.92. The zero-order chi connectivity index (χ0) is 18.2. The third-order valence-electron chi connectivity index (χ3n) is 3.65. The number of thioether (sulfide) groups is 1. The van der Waals surface area contributed by atoms with Crippen LogP contribution >= 0.6 is 11.8 Å². The van der Waals surface area contributed by atoms with Crippen molar-refractivity contribution < 1.29 is 9.59 Å². The first-order valence-corrected chi connectivity index (χ1v) is 9.35. The lowest BCUT2D eigenvalue weighted by Gasteiger charge is -2.07. The molecule has 5 heteroatoms. The van der Waals surface area contributed by atoms with Crippen LogP contribution in [-0.4, -0.2) is 22.4 Å². The number of anilines is 1. The van der Waals surface area contributed by atoms with Gasteiger partial charge >= 0.3 is 0 Å². The Morgan fingerprint density at radius 3 is 2.42 bits per heavy atom. The second-order valence-electron chi connectivity index (χ2n) is 5.64. The van der Waals surface area contributed by atoms with Gasteiger partial charge in [0.05, 0.1) is 11.4 Å². The number of hydrogen-bond donors (Lipinski definition) is 1. The number of hydrogen-bond acceptors (Lipinski definition) is 4. The molecule has 0 saturated heterocycles. The standard InChI is InChI=1S/C21H18N2O2S/c24-20(15-26-14-19-10-4-5-12-22-19)23-18-11-6-9-17(13-18)21(25)16-7-2-1-3-8-16/h1-13H,14-15H2,(H,23,24). The zero-order valence-electron chi connectivity index (χ0n) is 14.1. The molecule has 0 fully saturated rings. The van der Waals surface area contributed by atoms with Gasteiger partial charge in [-0.15, -0.1) is 11.8 Å². The van der Waals surface area contributed by atoms with Gasteiger partial charge in [-0.2, -0.15) is 0 Å². The van der Waals surface area contributed by atoms with Crippen LogP contribution in [0.3, 0.4) is 0 Å². The third-order valence-corrected chi connectivity index (χ3v) is 4.62. The lowest BCUT2D eigenvalue weighted by Crippen LogP contribution is -2.14. The molecule has 0 bridgehead atoms.